The Morgan fingerprint density at radius 2 is 1.83 bits per heavy atom. The number of aryl methyl sites for hydroxylation is 1. The number of ether oxygens (including phenoxy) is 2. The summed E-state index contributed by atoms with van der Waals surface area (Å²) in [5.41, 5.74) is 1.18. The highest BCUT2D eigenvalue weighted by Gasteiger charge is 2.05. The van der Waals surface area contributed by atoms with Gasteiger partial charge in [-0.25, -0.2) is 0 Å². The van der Waals surface area contributed by atoms with Crippen LogP contribution in [0.4, 0.5) is 0 Å². The van der Waals surface area contributed by atoms with Crippen molar-refractivity contribution in [2.75, 3.05) is 47.4 Å². The molecule has 1 aromatic rings. The van der Waals surface area contributed by atoms with E-state index in [0.717, 1.165) is 24.6 Å². The van der Waals surface area contributed by atoms with E-state index in [-0.39, 0.29) is 0 Å². The van der Waals surface area contributed by atoms with Crippen molar-refractivity contribution < 1.29 is 9.47 Å². The monoisotopic (exact) mass is 252 g/mol. The number of hydrogen-bond acceptors (Lipinski definition) is 4. The zero-order chi connectivity index (χ0) is 13.4. The molecule has 0 aliphatic heterocycles. The van der Waals surface area contributed by atoms with E-state index < -0.39 is 0 Å². The molecule has 0 aliphatic rings. The number of hydrogen-bond donors (Lipinski definition) is 1. The summed E-state index contributed by atoms with van der Waals surface area (Å²) in [5, 5.41) is 3.06. The first-order valence-electron chi connectivity index (χ1n) is 6.29. The van der Waals surface area contributed by atoms with E-state index >= 15 is 0 Å². The lowest BCUT2D eigenvalue weighted by Gasteiger charge is -2.15. The molecule has 0 spiro atoms. The molecule has 0 bridgehead atoms. The SMILES string of the molecule is CNCCOc1cc(C)ccc1OCCN(C)C. The Morgan fingerprint density at radius 1 is 1.11 bits per heavy atom. The topological polar surface area (TPSA) is 33.7 Å². The molecule has 0 saturated carbocycles. The van der Waals surface area contributed by atoms with E-state index in [9.17, 15) is 0 Å². The third-order valence-electron chi connectivity index (χ3n) is 2.50. The van der Waals surface area contributed by atoms with Crippen molar-refractivity contribution in [3.63, 3.8) is 0 Å². The normalized spacial score (nSPS) is 10.7. The first kappa shape index (κ1) is 14.8. The summed E-state index contributed by atoms with van der Waals surface area (Å²) in [6.45, 7) is 5.08. The fourth-order valence-corrected chi connectivity index (χ4v) is 1.45. The molecule has 18 heavy (non-hydrogen) atoms. The summed E-state index contributed by atoms with van der Waals surface area (Å²) in [6, 6.07) is 6.02. The van der Waals surface area contributed by atoms with Crippen LogP contribution in [0.15, 0.2) is 18.2 Å². The smallest absolute Gasteiger partial charge is 0.161 e. The summed E-state index contributed by atoms with van der Waals surface area (Å²) < 4.78 is 11.5. The van der Waals surface area contributed by atoms with Gasteiger partial charge < -0.3 is 19.7 Å². The van der Waals surface area contributed by atoms with Gasteiger partial charge in [0, 0.05) is 13.1 Å². The van der Waals surface area contributed by atoms with Gasteiger partial charge in [0.15, 0.2) is 11.5 Å². The Hall–Kier alpha value is -1.26. The molecule has 0 saturated heterocycles. The second-order valence-electron chi connectivity index (χ2n) is 4.55. The minimum absolute atomic E-state index is 0.643. The Balaban J connectivity index is 2.58. The standard InChI is InChI=1S/C14H24N2O2/c1-12-5-6-13(18-10-8-16(3)4)14(11-12)17-9-7-15-2/h5-6,11,15H,7-10H2,1-4H3. The molecule has 0 atom stereocenters. The Labute approximate surface area is 110 Å². The maximum atomic E-state index is 5.75. The quantitative estimate of drug-likeness (QED) is 0.712. The molecule has 0 heterocycles. The fourth-order valence-electron chi connectivity index (χ4n) is 1.45. The number of nitrogens with one attached hydrogen (secondary N) is 1. The van der Waals surface area contributed by atoms with Crippen LogP contribution in [0.5, 0.6) is 11.5 Å². The lowest BCUT2D eigenvalue weighted by Crippen LogP contribution is -2.20. The summed E-state index contributed by atoms with van der Waals surface area (Å²) >= 11 is 0. The predicted octanol–water partition coefficient (Wildman–Crippen LogP) is 1.53. The molecular formula is C14H24N2O2. The summed E-state index contributed by atoms with van der Waals surface area (Å²) in [5.74, 6) is 1.64. The Morgan fingerprint density at radius 3 is 2.50 bits per heavy atom. The van der Waals surface area contributed by atoms with Crippen LogP contribution in [0.25, 0.3) is 0 Å². The first-order chi connectivity index (χ1) is 8.63. The minimum Gasteiger partial charge on any atom is -0.488 e. The molecule has 1 N–H and O–H groups in total. The molecule has 0 radical (unpaired) electrons. The summed E-state index contributed by atoms with van der Waals surface area (Å²) in [6.07, 6.45) is 0. The second-order valence-corrected chi connectivity index (χ2v) is 4.55. The van der Waals surface area contributed by atoms with Gasteiger partial charge in [0.05, 0.1) is 0 Å². The second kappa shape index (κ2) is 7.95. The molecule has 0 aliphatic carbocycles. The third kappa shape index (κ3) is 5.38. The van der Waals surface area contributed by atoms with E-state index in [1.807, 2.05) is 39.3 Å². The lowest BCUT2D eigenvalue weighted by atomic mass is 10.2. The molecule has 1 aromatic carbocycles. The van der Waals surface area contributed by atoms with E-state index in [0.29, 0.717) is 13.2 Å². The van der Waals surface area contributed by atoms with E-state index in [2.05, 4.69) is 17.1 Å². The van der Waals surface area contributed by atoms with Crippen molar-refractivity contribution >= 4 is 0 Å². The van der Waals surface area contributed by atoms with Crippen molar-refractivity contribution in [2.45, 2.75) is 6.92 Å². The zero-order valence-electron chi connectivity index (χ0n) is 11.8. The van der Waals surface area contributed by atoms with Gasteiger partial charge in [-0.05, 0) is 45.8 Å². The average molecular weight is 252 g/mol. The maximum absolute atomic E-state index is 5.75. The Kier molecular flexibility index (Phi) is 6.54. The molecule has 0 aromatic heterocycles. The predicted molar refractivity (Wildman–Crippen MR) is 74.6 cm³/mol. The van der Waals surface area contributed by atoms with Crippen LogP contribution in [-0.2, 0) is 0 Å². The highest BCUT2D eigenvalue weighted by Crippen LogP contribution is 2.28. The van der Waals surface area contributed by atoms with Gasteiger partial charge in [-0.1, -0.05) is 6.07 Å². The number of nitrogens with zero attached hydrogens (tertiary/aromatic N) is 1. The largest absolute Gasteiger partial charge is 0.488 e. The van der Waals surface area contributed by atoms with Crippen LogP contribution < -0.4 is 14.8 Å². The first-order valence-corrected chi connectivity index (χ1v) is 6.29. The van der Waals surface area contributed by atoms with Crippen LogP contribution >= 0.6 is 0 Å². The van der Waals surface area contributed by atoms with Gasteiger partial charge in [0.25, 0.3) is 0 Å². The van der Waals surface area contributed by atoms with Gasteiger partial charge in [-0.15, -0.1) is 0 Å². The van der Waals surface area contributed by atoms with Crippen LogP contribution in [0, 0.1) is 6.92 Å². The molecule has 0 unspecified atom stereocenters. The van der Waals surface area contributed by atoms with Crippen molar-refractivity contribution in [2.24, 2.45) is 0 Å². The van der Waals surface area contributed by atoms with Crippen molar-refractivity contribution in [3.8, 4) is 11.5 Å². The van der Waals surface area contributed by atoms with Gasteiger partial charge in [0.2, 0.25) is 0 Å². The lowest BCUT2D eigenvalue weighted by molar-refractivity contribution is 0.241. The van der Waals surface area contributed by atoms with Crippen LogP contribution in [0.2, 0.25) is 0 Å². The van der Waals surface area contributed by atoms with Crippen molar-refractivity contribution in [1.82, 2.24) is 10.2 Å². The van der Waals surface area contributed by atoms with Gasteiger partial charge in [0.1, 0.15) is 13.2 Å². The van der Waals surface area contributed by atoms with Gasteiger partial charge in [-0.2, -0.15) is 0 Å². The summed E-state index contributed by atoms with van der Waals surface area (Å²) in [4.78, 5) is 2.09. The number of benzene rings is 1. The minimum atomic E-state index is 0.643. The highest BCUT2D eigenvalue weighted by atomic mass is 16.5. The van der Waals surface area contributed by atoms with Crippen molar-refractivity contribution in [1.29, 1.82) is 0 Å². The number of rotatable bonds is 8. The summed E-state index contributed by atoms with van der Waals surface area (Å²) in [7, 11) is 5.97. The third-order valence-corrected chi connectivity index (χ3v) is 2.50. The molecule has 102 valence electrons. The van der Waals surface area contributed by atoms with Crippen LogP contribution in [0.3, 0.4) is 0 Å². The molecule has 1 rings (SSSR count). The van der Waals surface area contributed by atoms with Gasteiger partial charge in [-0.3, -0.25) is 0 Å². The Bertz CT molecular complexity index is 354. The molecule has 0 amide bonds. The molecule has 4 nitrogen and oxygen atoms in total. The molecular weight excluding hydrogens is 228 g/mol. The number of likely N-dealkylation sites (N-methyl/N-ethyl adjacent to an activating group) is 2. The van der Waals surface area contributed by atoms with Gasteiger partial charge >= 0.3 is 0 Å². The average Bonchev–Trinajstić information content (AvgIpc) is 2.32. The molecule has 0 fully saturated rings. The van der Waals surface area contributed by atoms with E-state index in [1.165, 1.54) is 5.56 Å². The van der Waals surface area contributed by atoms with Crippen molar-refractivity contribution in [3.05, 3.63) is 23.8 Å². The zero-order valence-corrected chi connectivity index (χ0v) is 11.8. The highest BCUT2D eigenvalue weighted by molar-refractivity contribution is 5.42. The van der Waals surface area contributed by atoms with E-state index in [4.69, 9.17) is 9.47 Å². The van der Waals surface area contributed by atoms with Crippen LogP contribution in [0.1, 0.15) is 5.56 Å². The van der Waals surface area contributed by atoms with Crippen LogP contribution in [-0.4, -0.2) is 52.3 Å². The molecule has 4 heteroatoms. The maximum Gasteiger partial charge on any atom is 0.161 e. The van der Waals surface area contributed by atoms with E-state index in [1.54, 1.807) is 0 Å². The fraction of sp³-hybridized carbons (Fsp3) is 0.571.